The summed E-state index contributed by atoms with van der Waals surface area (Å²) in [6.07, 6.45) is 1.54. The maximum Gasteiger partial charge on any atom is 0.488 e. The first kappa shape index (κ1) is 20.9. The van der Waals surface area contributed by atoms with E-state index < -0.39 is 13.0 Å². The number of nitrogens with one attached hydrogen (secondary N) is 1. The average Bonchev–Trinajstić information content (AvgIpc) is 3.26. The number of benzene rings is 2. The zero-order valence-electron chi connectivity index (χ0n) is 17.5. The van der Waals surface area contributed by atoms with Gasteiger partial charge < -0.3 is 25.8 Å². The Kier molecular flexibility index (Phi) is 5.36. The molecular weight excluding hydrogens is 425 g/mol. The van der Waals surface area contributed by atoms with E-state index in [1.165, 1.54) is 4.68 Å². The van der Waals surface area contributed by atoms with Crippen LogP contribution in [-0.2, 0) is 13.0 Å². The fourth-order valence-corrected chi connectivity index (χ4v) is 3.77. The van der Waals surface area contributed by atoms with Gasteiger partial charge in [0.15, 0.2) is 11.6 Å². The lowest BCUT2D eigenvalue weighted by molar-refractivity contribution is 0.100. The average molecular weight is 445 g/mol. The van der Waals surface area contributed by atoms with Crippen molar-refractivity contribution in [1.29, 1.82) is 0 Å². The second kappa shape index (κ2) is 8.49. The Balaban J connectivity index is 1.54. The van der Waals surface area contributed by atoms with E-state index in [9.17, 15) is 14.8 Å². The minimum absolute atomic E-state index is 0.268. The van der Waals surface area contributed by atoms with Crippen LogP contribution in [0.1, 0.15) is 28.0 Å². The van der Waals surface area contributed by atoms with Crippen LogP contribution in [0.15, 0.2) is 42.5 Å². The topological polar surface area (TPSA) is 161 Å². The number of nitrogens with two attached hydrogens (primary N) is 1. The Morgan fingerprint density at radius 1 is 1.21 bits per heavy atom. The molecule has 5 rings (SSSR count). The van der Waals surface area contributed by atoms with E-state index >= 15 is 0 Å². The predicted octanol–water partition coefficient (Wildman–Crippen LogP) is -0.0737. The molecular formula is C21H20BN7O4. The van der Waals surface area contributed by atoms with Gasteiger partial charge in [0.1, 0.15) is 5.52 Å². The molecule has 5 N–H and O–H groups in total. The standard InChI is InChI=1S/C21H20BN7O4/c23-19(30)14-6-2-8-16-17(14)27-28-29(16)21-25-15-7-3-9-33-18(15)20(26-21)24-11-12-4-1-5-13(10-12)22(31)32/h1-2,4-6,8,10,31-32H,3,7,9,11H2,(H2,23,30)(H,24,25,26). The third kappa shape index (κ3) is 3.97. The van der Waals surface area contributed by atoms with Gasteiger partial charge >= 0.3 is 7.12 Å². The van der Waals surface area contributed by atoms with Gasteiger partial charge in [0.05, 0.1) is 23.4 Å². The van der Waals surface area contributed by atoms with Gasteiger partial charge in [-0.2, -0.15) is 9.67 Å². The summed E-state index contributed by atoms with van der Waals surface area (Å²) in [6, 6.07) is 12.0. The van der Waals surface area contributed by atoms with E-state index in [0.29, 0.717) is 47.6 Å². The number of fused-ring (bicyclic) bond motifs is 2. The first-order chi connectivity index (χ1) is 16.0. The first-order valence-electron chi connectivity index (χ1n) is 10.4. The Hall–Kier alpha value is -4.03. The molecule has 0 aliphatic carbocycles. The van der Waals surface area contributed by atoms with Gasteiger partial charge in [-0.3, -0.25) is 4.79 Å². The molecule has 0 bridgehead atoms. The van der Waals surface area contributed by atoms with E-state index in [-0.39, 0.29) is 11.5 Å². The van der Waals surface area contributed by atoms with Crippen LogP contribution in [0.2, 0.25) is 0 Å². The fourth-order valence-electron chi connectivity index (χ4n) is 3.77. The van der Waals surface area contributed by atoms with Crippen LogP contribution in [0, 0.1) is 0 Å². The number of ether oxygens (including phenoxy) is 1. The maximum absolute atomic E-state index is 11.7. The number of primary amides is 1. The molecule has 0 atom stereocenters. The molecule has 1 aliphatic heterocycles. The minimum Gasteiger partial charge on any atom is -0.488 e. The Morgan fingerprint density at radius 2 is 2.06 bits per heavy atom. The Labute approximate surface area is 188 Å². The molecule has 1 amide bonds. The number of hydrogen-bond acceptors (Lipinski definition) is 9. The molecule has 2 aromatic heterocycles. The van der Waals surface area contributed by atoms with E-state index in [1.807, 2.05) is 6.07 Å². The van der Waals surface area contributed by atoms with Crippen molar-refractivity contribution in [3.05, 3.63) is 59.3 Å². The zero-order chi connectivity index (χ0) is 22.9. The zero-order valence-corrected chi connectivity index (χ0v) is 17.5. The number of carbonyl (C=O) groups is 1. The maximum atomic E-state index is 11.7. The van der Waals surface area contributed by atoms with Crippen LogP contribution in [0.4, 0.5) is 5.82 Å². The van der Waals surface area contributed by atoms with Crippen molar-refractivity contribution < 1.29 is 19.6 Å². The molecule has 0 unspecified atom stereocenters. The van der Waals surface area contributed by atoms with Crippen LogP contribution < -0.4 is 21.3 Å². The minimum atomic E-state index is -1.54. The molecule has 0 saturated heterocycles. The van der Waals surface area contributed by atoms with E-state index in [2.05, 4.69) is 25.6 Å². The Morgan fingerprint density at radius 3 is 2.88 bits per heavy atom. The van der Waals surface area contributed by atoms with Gasteiger partial charge in [-0.15, -0.1) is 5.10 Å². The normalized spacial score (nSPS) is 12.8. The van der Waals surface area contributed by atoms with Crippen LogP contribution in [-0.4, -0.2) is 54.6 Å². The summed E-state index contributed by atoms with van der Waals surface area (Å²) in [6.45, 7) is 0.932. The van der Waals surface area contributed by atoms with Gasteiger partial charge in [-0.1, -0.05) is 35.5 Å². The quantitative estimate of drug-likeness (QED) is 0.298. The summed E-state index contributed by atoms with van der Waals surface area (Å²) in [5.41, 5.74) is 8.63. The van der Waals surface area contributed by atoms with Crippen molar-refractivity contribution in [2.75, 3.05) is 11.9 Å². The summed E-state index contributed by atoms with van der Waals surface area (Å²) in [7, 11) is -1.54. The molecule has 0 saturated carbocycles. The van der Waals surface area contributed by atoms with Crippen LogP contribution >= 0.6 is 0 Å². The molecule has 0 radical (unpaired) electrons. The number of aryl methyl sites for hydroxylation is 1. The number of carbonyl (C=O) groups excluding carboxylic acids is 1. The molecule has 0 fully saturated rings. The molecule has 3 heterocycles. The molecule has 12 heteroatoms. The SMILES string of the molecule is NC(=O)c1cccc2c1nnn2-c1nc2c(c(NCc3cccc(B(O)O)c3)n1)OCCC2. The number of nitrogens with zero attached hydrogens (tertiary/aromatic N) is 5. The van der Waals surface area contributed by atoms with E-state index in [1.54, 1.807) is 36.4 Å². The van der Waals surface area contributed by atoms with Gasteiger partial charge in [-0.25, -0.2) is 4.98 Å². The van der Waals surface area contributed by atoms with Gasteiger partial charge in [0, 0.05) is 6.54 Å². The number of aromatic nitrogens is 5. The third-order valence-corrected chi connectivity index (χ3v) is 5.37. The van der Waals surface area contributed by atoms with Crippen molar-refractivity contribution in [1.82, 2.24) is 25.0 Å². The smallest absolute Gasteiger partial charge is 0.488 e. The van der Waals surface area contributed by atoms with Crippen LogP contribution in [0.25, 0.3) is 17.0 Å². The molecule has 33 heavy (non-hydrogen) atoms. The monoisotopic (exact) mass is 445 g/mol. The molecule has 4 aromatic rings. The summed E-state index contributed by atoms with van der Waals surface area (Å²) < 4.78 is 7.30. The Bertz CT molecular complexity index is 1360. The van der Waals surface area contributed by atoms with Crippen LogP contribution in [0.5, 0.6) is 5.75 Å². The summed E-state index contributed by atoms with van der Waals surface area (Å²) >= 11 is 0. The lowest BCUT2D eigenvalue weighted by Gasteiger charge is -2.20. The number of amides is 1. The van der Waals surface area contributed by atoms with Crippen molar-refractivity contribution in [2.45, 2.75) is 19.4 Å². The number of hydrogen-bond donors (Lipinski definition) is 4. The first-order valence-corrected chi connectivity index (χ1v) is 10.4. The van der Waals surface area contributed by atoms with Gasteiger partial charge in [-0.05, 0) is 36.0 Å². The van der Waals surface area contributed by atoms with Gasteiger partial charge in [0.2, 0.25) is 0 Å². The van der Waals surface area contributed by atoms with Crippen molar-refractivity contribution in [2.24, 2.45) is 5.73 Å². The summed E-state index contributed by atoms with van der Waals surface area (Å²) in [5, 5.41) is 30.4. The predicted molar refractivity (Wildman–Crippen MR) is 120 cm³/mol. The third-order valence-electron chi connectivity index (χ3n) is 5.37. The molecule has 166 valence electrons. The lowest BCUT2D eigenvalue weighted by Crippen LogP contribution is -2.30. The van der Waals surface area contributed by atoms with E-state index in [4.69, 9.17) is 10.5 Å². The second-order valence-corrected chi connectivity index (χ2v) is 7.61. The van der Waals surface area contributed by atoms with Crippen molar-refractivity contribution in [3.8, 4) is 11.7 Å². The fraction of sp³-hybridized carbons (Fsp3) is 0.190. The molecule has 0 spiro atoms. The number of anilines is 1. The molecule has 11 nitrogen and oxygen atoms in total. The highest BCUT2D eigenvalue weighted by molar-refractivity contribution is 6.58. The summed E-state index contributed by atoms with van der Waals surface area (Å²) in [4.78, 5) is 21.0. The van der Waals surface area contributed by atoms with Crippen molar-refractivity contribution >= 4 is 35.3 Å². The highest BCUT2D eigenvalue weighted by Crippen LogP contribution is 2.32. The number of rotatable bonds is 6. The molecule has 2 aromatic carbocycles. The molecule has 1 aliphatic rings. The lowest BCUT2D eigenvalue weighted by atomic mass is 9.80. The van der Waals surface area contributed by atoms with E-state index in [0.717, 1.165) is 17.7 Å². The summed E-state index contributed by atoms with van der Waals surface area (Å²) in [5.74, 6) is 0.750. The van der Waals surface area contributed by atoms with Crippen molar-refractivity contribution in [3.63, 3.8) is 0 Å². The highest BCUT2D eigenvalue weighted by Gasteiger charge is 2.22. The van der Waals surface area contributed by atoms with Crippen LogP contribution in [0.3, 0.4) is 0 Å². The second-order valence-electron chi connectivity index (χ2n) is 7.61. The highest BCUT2D eigenvalue weighted by atomic mass is 16.5. The van der Waals surface area contributed by atoms with Gasteiger partial charge in [0.25, 0.3) is 11.9 Å². The largest absolute Gasteiger partial charge is 0.488 e.